The lowest BCUT2D eigenvalue weighted by atomic mass is 9.86. The Balaban J connectivity index is 1.42. The van der Waals surface area contributed by atoms with Crippen molar-refractivity contribution >= 4 is 0 Å². The molecule has 114 valence electrons. The molecular formula is C18H23F2N. The van der Waals surface area contributed by atoms with Gasteiger partial charge < -0.3 is 4.90 Å². The number of piperidine rings is 1. The van der Waals surface area contributed by atoms with Gasteiger partial charge in [0.05, 0.1) is 0 Å². The summed E-state index contributed by atoms with van der Waals surface area (Å²) < 4.78 is 27.3. The molecule has 21 heavy (non-hydrogen) atoms. The maximum atomic E-state index is 13.9. The Labute approximate surface area is 125 Å². The van der Waals surface area contributed by atoms with Crippen LogP contribution in [0.15, 0.2) is 18.2 Å². The van der Waals surface area contributed by atoms with Gasteiger partial charge in [-0.05, 0) is 74.6 Å². The van der Waals surface area contributed by atoms with E-state index in [-0.39, 0.29) is 5.92 Å². The van der Waals surface area contributed by atoms with Gasteiger partial charge in [0.15, 0.2) is 11.6 Å². The van der Waals surface area contributed by atoms with Crippen molar-refractivity contribution in [3.8, 4) is 0 Å². The molecule has 1 aliphatic heterocycles. The summed E-state index contributed by atoms with van der Waals surface area (Å²) in [5.41, 5.74) is 0.586. The highest BCUT2D eigenvalue weighted by Crippen LogP contribution is 2.47. The van der Waals surface area contributed by atoms with E-state index in [9.17, 15) is 8.78 Å². The van der Waals surface area contributed by atoms with Gasteiger partial charge in [-0.3, -0.25) is 0 Å². The topological polar surface area (TPSA) is 3.24 Å². The lowest BCUT2D eigenvalue weighted by molar-refractivity contribution is 0.110. The second-order valence-corrected chi connectivity index (χ2v) is 7.20. The first kappa shape index (κ1) is 13.7. The molecule has 0 aromatic heterocycles. The molecule has 0 amide bonds. The quantitative estimate of drug-likeness (QED) is 0.784. The second kappa shape index (κ2) is 5.35. The molecule has 0 radical (unpaired) electrons. The molecule has 1 heterocycles. The molecule has 3 atom stereocenters. The fourth-order valence-electron chi connectivity index (χ4n) is 5.04. The summed E-state index contributed by atoms with van der Waals surface area (Å²) in [4.78, 5) is 2.64. The maximum absolute atomic E-state index is 13.9. The van der Waals surface area contributed by atoms with Crippen molar-refractivity contribution in [1.82, 2.24) is 4.90 Å². The average Bonchev–Trinajstić information content (AvgIpc) is 3.13. The third kappa shape index (κ3) is 2.40. The van der Waals surface area contributed by atoms with Crippen molar-refractivity contribution in [2.24, 2.45) is 11.8 Å². The van der Waals surface area contributed by atoms with Crippen LogP contribution in [0.5, 0.6) is 0 Å². The molecule has 3 fully saturated rings. The van der Waals surface area contributed by atoms with Crippen LogP contribution in [0.4, 0.5) is 8.78 Å². The normalized spacial score (nSPS) is 33.7. The molecule has 0 N–H and O–H groups in total. The van der Waals surface area contributed by atoms with Gasteiger partial charge in [-0.25, -0.2) is 8.78 Å². The largest absolute Gasteiger partial charge is 0.300 e. The first-order valence-electron chi connectivity index (χ1n) is 8.40. The van der Waals surface area contributed by atoms with E-state index < -0.39 is 11.6 Å². The standard InChI is InChI=1S/C18H23F2N/c19-16-3-1-2-15(18(16)20)13-6-8-21(9-7-13)17-11-12-4-5-14(17)10-12/h1-3,12-14,17H,4-11H2/t12-,14?,17?/m0/s1. The molecule has 2 saturated carbocycles. The lowest BCUT2D eigenvalue weighted by Gasteiger charge is -2.39. The maximum Gasteiger partial charge on any atom is 0.162 e. The number of fused-ring (bicyclic) bond motifs is 2. The van der Waals surface area contributed by atoms with E-state index in [1.54, 1.807) is 12.1 Å². The Morgan fingerprint density at radius 2 is 1.76 bits per heavy atom. The van der Waals surface area contributed by atoms with E-state index in [0.717, 1.165) is 43.8 Å². The number of halogens is 2. The number of hydrogen-bond acceptors (Lipinski definition) is 1. The first-order chi connectivity index (χ1) is 10.2. The van der Waals surface area contributed by atoms with Crippen LogP contribution < -0.4 is 0 Å². The summed E-state index contributed by atoms with van der Waals surface area (Å²) in [7, 11) is 0. The molecule has 2 bridgehead atoms. The highest BCUT2D eigenvalue weighted by Gasteiger charge is 2.43. The lowest BCUT2D eigenvalue weighted by Crippen LogP contribution is -2.43. The first-order valence-corrected chi connectivity index (χ1v) is 8.40. The van der Waals surface area contributed by atoms with Gasteiger partial charge in [0.25, 0.3) is 0 Å². The van der Waals surface area contributed by atoms with Gasteiger partial charge in [-0.1, -0.05) is 18.6 Å². The van der Waals surface area contributed by atoms with Crippen molar-refractivity contribution in [2.45, 2.75) is 50.5 Å². The summed E-state index contributed by atoms with van der Waals surface area (Å²) >= 11 is 0. The van der Waals surface area contributed by atoms with Crippen molar-refractivity contribution in [3.05, 3.63) is 35.4 Å². The van der Waals surface area contributed by atoms with E-state index >= 15 is 0 Å². The summed E-state index contributed by atoms with van der Waals surface area (Å²) in [5.74, 6) is 0.741. The summed E-state index contributed by atoms with van der Waals surface area (Å²) in [5, 5.41) is 0. The Kier molecular flexibility index (Phi) is 3.49. The molecule has 3 aliphatic rings. The molecule has 1 nitrogen and oxygen atoms in total. The van der Waals surface area contributed by atoms with Crippen molar-refractivity contribution in [2.75, 3.05) is 13.1 Å². The van der Waals surface area contributed by atoms with Crippen LogP contribution in [-0.2, 0) is 0 Å². The van der Waals surface area contributed by atoms with Gasteiger partial charge in [0.1, 0.15) is 0 Å². The minimum Gasteiger partial charge on any atom is -0.300 e. The van der Waals surface area contributed by atoms with Crippen LogP contribution in [0.2, 0.25) is 0 Å². The van der Waals surface area contributed by atoms with Gasteiger partial charge in [-0.2, -0.15) is 0 Å². The monoisotopic (exact) mass is 291 g/mol. The Morgan fingerprint density at radius 3 is 2.43 bits per heavy atom. The second-order valence-electron chi connectivity index (χ2n) is 7.20. The zero-order valence-corrected chi connectivity index (χ0v) is 12.4. The number of benzene rings is 1. The van der Waals surface area contributed by atoms with E-state index in [0.29, 0.717) is 5.56 Å². The summed E-state index contributed by atoms with van der Waals surface area (Å²) in [6.07, 6.45) is 7.59. The molecule has 4 rings (SSSR count). The molecule has 3 heteroatoms. The van der Waals surface area contributed by atoms with Crippen LogP contribution in [-0.4, -0.2) is 24.0 Å². The van der Waals surface area contributed by atoms with Gasteiger partial charge in [-0.15, -0.1) is 0 Å². The van der Waals surface area contributed by atoms with Crippen LogP contribution in [0.1, 0.15) is 50.0 Å². The SMILES string of the molecule is Fc1cccc(C2CCN(C3C[C@H]4CCC3C4)CC2)c1F. The smallest absolute Gasteiger partial charge is 0.162 e. The van der Waals surface area contributed by atoms with Crippen molar-refractivity contribution < 1.29 is 8.78 Å². The van der Waals surface area contributed by atoms with Crippen LogP contribution in [0.25, 0.3) is 0 Å². The van der Waals surface area contributed by atoms with E-state index in [1.807, 2.05) is 0 Å². The van der Waals surface area contributed by atoms with Crippen molar-refractivity contribution in [3.63, 3.8) is 0 Å². The number of hydrogen-bond donors (Lipinski definition) is 0. The third-order valence-electron chi connectivity index (χ3n) is 6.12. The number of rotatable bonds is 2. The fraction of sp³-hybridized carbons (Fsp3) is 0.667. The van der Waals surface area contributed by atoms with Crippen molar-refractivity contribution in [1.29, 1.82) is 0 Å². The molecular weight excluding hydrogens is 268 g/mol. The van der Waals surface area contributed by atoms with Crippen LogP contribution in [0.3, 0.4) is 0 Å². The van der Waals surface area contributed by atoms with Crippen LogP contribution >= 0.6 is 0 Å². The van der Waals surface area contributed by atoms with E-state index in [2.05, 4.69) is 4.90 Å². The predicted octanol–water partition coefficient (Wildman–Crippen LogP) is 4.33. The summed E-state index contributed by atoms with van der Waals surface area (Å²) in [6.45, 7) is 2.10. The third-order valence-corrected chi connectivity index (χ3v) is 6.12. The minimum absolute atomic E-state index is 0.190. The molecule has 2 unspecified atom stereocenters. The zero-order chi connectivity index (χ0) is 14.4. The van der Waals surface area contributed by atoms with E-state index in [1.165, 1.54) is 31.7 Å². The Bertz CT molecular complexity index is 522. The Morgan fingerprint density at radius 1 is 0.952 bits per heavy atom. The van der Waals surface area contributed by atoms with Gasteiger partial charge in [0, 0.05) is 6.04 Å². The predicted molar refractivity (Wildman–Crippen MR) is 79.1 cm³/mol. The number of likely N-dealkylation sites (tertiary alicyclic amines) is 1. The van der Waals surface area contributed by atoms with Gasteiger partial charge in [0.2, 0.25) is 0 Å². The van der Waals surface area contributed by atoms with E-state index in [4.69, 9.17) is 0 Å². The highest BCUT2D eigenvalue weighted by molar-refractivity contribution is 5.23. The fourth-order valence-corrected chi connectivity index (χ4v) is 5.04. The zero-order valence-electron chi connectivity index (χ0n) is 12.4. The molecule has 1 aromatic rings. The number of nitrogens with zero attached hydrogens (tertiary/aromatic N) is 1. The molecule has 2 aliphatic carbocycles. The summed E-state index contributed by atoms with van der Waals surface area (Å²) in [6, 6.07) is 5.39. The highest BCUT2D eigenvalue weighted by atomic mass is 19.2. The van der Waals surface area contributed by atoms with Gasteiger partial charge >= 0.3 is 0 Å². The molecule has 1 saturated heterocycles. The minimum atomic E-state index is -0.706. The van der Waals surface area contributed by atoms with Crippen LogP contribution in [0, 0.1) is 23.5 Å². The molecule has 1 aromatic carbocycles. The Hall–Kier alpha value is -0.960. The molecule has 0 spiro atoms. The average molecular weight is 291 g/mol.